The molecule has 7 heteroatoms. The molecule has 1 aromatic rings. The summed E-state index contributed by atoms with van der Waals surface area (Å²) >= 11 is 6.02. The lowest BCUT2D eigenvalue weighted by Gasteiger charge is -2.22. The summed E-state index contributed by atoms with van der Waals surface area (Å²) in [5.41, 5.74) is 5.45. The molecule has 0 saturated heterocycles. The Morgan fingerprint density at radius 1 is 1.73 bits per heavy atom. The van der Waals surface area contributed by atoms with Gasteiger partial charge >= 0.3 is 0 Å². The first-order valence-electron chi connectivity index (χ1n) is 4.28. The lowest BCUT2D eigenvalue weighted by molar-refractivity contribution is 0.0940. The van der Waals surface area contributed by atoms with Gasteiger partial charge in [-0.15, -0.1) is 5.10 Å². The van der Waals surface area contributed by atoms with Gasteiger partial charge in [0, 0.05) is 17.3 Å². The number of aromatic nitrogens is 2. The number of thiocarbonyl (C=S) groups is 1. The maximum Gasteiger partial charge on any atom is 0.272 e. The van der Waals surface area contributed by atoms with E-state index in [-0.39, 0.29) is 5.91 Å². The number of nitrogens with one attached hydrogen (secondary N) is 1. The van der Waals surface area contributed by atoms with Crippen molar-refractivity contribution >= 4 is 34.6 Å². The van der Waals surface area contributed by atoms with Gasteiger partial charge in [-0.05, 0) is 11.5 Å². The molecule has 0 fully saturated rings. The smallest absolute Gasteiger partial charge is 0.272 e. The number of carbonyl (C=O) groups excluding carboxylic acids is 1. The van der Waals surface area contributed by atoms with E-state index in [2.05, 4.69) is 14.9 Å². The number of hydrogen-bond acceptors (Lipinski definition) is 5. The topological polar surface area (TPSA) is 80.9 Å². The predicted molar refractivity (Wildman–Crippen MR) is 62.8 cm³/mol. The molecular formula is C8H12N4OS2. The van der Waals surface area contributed by atoms with E-state index < -0.39 is 5.41 Å². The average Bonchev–Trinajstić information content (AvgIpc) is 2.66. The van der Waals surface area contributed by atoms with Crippen LogP contribution in [0.1, 0.15) is 24.3 Å². The molecule has 0 radical (unpaired) electrons. The molecule has 0 unspecified atom stereocenters. The molecule has 5 nitrogen and oxygen atoms in total. The molecule has 0 bridgehead atoms. The van der Waals surface area contributed by atoms with E-state index in [1.54, 1.807) is 5.38 Å². The number of nitrogens with zero attached hydrogens (tertiary/aromatic N) is 2. The van der Waals surface area contributed by atoms with Crippen LogP contribution in [0.3, 0.4) is 0 Å². The zero-order chi connectivity index (χ0) is 11.5. The first kappa shape index (κ1) is 12.0. The quantitative estimate of drug-likeness (QED) is 0.757. The summed E-state index contributed by atoms with van der Waals surface area (Å²) in [4.78, 5) is 11.9. The second-order valence-electron chi connectivity index (χ2n) is 3.72. The van der Waals surface area contributed by atoms with Crippen LogP contribution in [0.25, 0.3) is 0 Å². The Morgan fingerprint density at radius 2 is 2.40 bits per heavy atom. The summed E-state index contributed by atoms with van der Waals surface area (Å²) in [5, 5.41) is 7.94. The van der Waals surface area contributed by atoms with Gasteiger partial charge in [-0.3, -0.25) is 4.79 Å². The van der Waals surface area contributed by atoms with Gasteiger partial charge in [0.15, 0.2) is 5.69 Å². The molecule has 0 aromatic carbocycles. The van der Waals surface area contributed by atoms with Crippen molar-refractivity contribution in [1.29, 1.82) is 0 Å². The van der Waals surface area contributed by atoms with Crippen molar-refractivity contribution in [2.45, 2.75) is 13.8 Å². The fraction of sp³-hybridized carbons (Fsp3) is 0.500. The molecule has 0 spiro atoms. The Labute approximate surface area is 97.2 Å². The minimum atomic E-state index is -0.394. The van der Waals surface area contributed by atoms with Gasteiger partial charge in [0.2, 0.25) is 0 Å². The van der Waals surface area contributed by atoms with Crippen molar-refractivity contribution in [2.75, 3.05) is 6.54 Å². The molecule has 1 heterocycles. The van der Waals surface area contributed by atoms with Gasteiger partial charge in [0.25, 0.3) is 5.91 Å². The molecule has 1 aromatic heterocycles. The van der Waals surface area contributed by atoms with E-state index in [0.29, 0.717) is 17.2 Å². The van der Waals surface area contributed by atoms with Gasteiger partial charge in [-0.2, -0.15) is 0 Å². The van der Waals surface area contributed by atoms with Crippen molar-refractivity contribution < 1.29 is 4.79 Å². The highest BCUT2D eigenvalue weighted by Crippen LogP contribution is 2.13. The second kappa shape index (κ2) is 4.63. The number of amides is 1. The van der Waals surface area contributed by atoms with Crippen LogP contribution >= 0.6 is 23.8 Å². The van der Waals surface area contributed by atoms with Gasteiger partial charge in [-0.1, -0.05) is 30.6 Å². The summed E-state index contributed by atoms with van der Waals surface area (Å²) < 4.78 is 3.60. The third-order valence-corrected chi connectivity index (χ3v) is 3.01. The maximum atomic E-state index is 11.5. The highest BCUT2D eigenvalue weighted by molar-refractivity contribution is 7.80. The van der Waals surface area contributed by atoms with Crippen LogP contribution in [-0.4, -0.2) is 27.0 Å². The second-order valence-corrected chi connectivity index (χ2v) is 4.77. The molecule has 3 N–H and O–H groups in total. The minimum Gasteiger partial charge on any atom is -0.393 e. The lowest BCUT2D eigenvalue weighted by Crippen LogP contribution is -2.41. The Kier molecular flexibility index (Phi) is 3.70. The minimum absolute atomic E-state index is 0.256. The third kappa shape index (κ3) is 3.21. The number of hydrogen-bond donors (Lipinski definition) is 2. The van der Waals surface area contributed by atoms with Gasteiger partial charge in [0.1, 0.15) is 0 Å². The third-order valence-electron chi connectivity index (χ3n) is 1.95. The highest BCUT2D eigenvalue weighted by atomic mass is 32.1. The van der Waals surface area contributed by atoms with E-state index in [9.17, 15) is 4.79 Å². The molecule has 1 amide bonds. The predicted octanol–water partition coefficient (Wildman–Crippen LogP) is 0.580. The van der Waals surface area contributed by atoms with Gasteiger partial charge in [0.05, 0.1) is 4.99 Å². The van der Waals surface area contributed by atoms with Crippen LogP contribution in [0, 0.1) is 5.41 Å². The zero-order valence-electron chi connectivity index (χ0n) is 8.48. The van der Waals surface area contributed by atoms with Crippen molar-refractivity contribution in [3.05, 3.63) is 11.1 Å². The molecular weight excluding hydrogens is 232 g/mol. The van der Waals surface area contributed by atoms with Crippen LogP contribution in [0.2, 0.25) is 0 Å². The summed E-state index contributed by atoms with van der Waals surface area (Å²) in [7, 11) is 0. The lowest BCUT2D eigenvalue weighted by atomic mass is 9.93. The van der Waals surface area contributed by atoms with E-state index in [4.69, 9.17) is 18.0 Å². The van der Waals surface area contributed by atoms with Crippen molar-refractivity contribution in [1.82, 2.24) is 14.9 Å². The van der Waals surface area contributed by atoms with Crippen LogP contribution in [0.4, 0.5) is 0 Å². The summed E-state index contributed by atoms with van der Waals surface area (Å²) in [6, 6.07) is 0. The van der Waals surface area contributed by atoms with E-state index in [1.807, 2.05) is 13.8 Å². The number of carbonyl (C=O) groups is 1. The van der Waals surface area contributed by atoms with Crippen LogP contribution in [0.5, 0.6) is 0 Å². The molecule has 82 valence electrons. The van der Waals surface area contributed by atoms with Crippen LogP contribution in [-0.2, 0) is 0 Å². The molecule has 0 aliphatic heterocycles. The van der Waals surface area contributed by atoms with Crippen molar-refractivity contribution in [3.8, 4) is 0 Å². The monoisotopic (exact) mass is 244 g/mol. The van der Waals surface area contributed by atoms with Crippen LogP contribution < -0.4 is 11.1 Å². The summed E-state index contributed by atoms with van der Waals surface area (Å²) in [5.74, 6) is -0.256. The molecule has 0 saturated carbocycles. The fourth-order valence-electron chi connectivity index (χ4n) is 0.742. The van der Waals surface area contributed by atoms with Gasteiger partial charge in [-0.25, -0.2) is 0 Å². The highest BCUT2D eigenvalue weighted by Gasteiger charge is 2.22. The average molecular weight is 244 g/mol. The van der Waals surface area contributed by atoms with Crippen molar-refractivity contribution in [2.24, 2.45) is 11.1 Å². The Morgan fingerprint density at radius 3 is 2.87 bits per heavy atom. The van der Waals surface area contributed by atoms with Crippen LogP contribution in [0.15, 0.2) is 5.38 Å². The maximum absolute atomic E-state index is 11.5. The molecule has 0 atom stereocenters. The van der Waals surface area contributed by atoms with Crippen molar-refractivity contribution in [3.63, 3.8) is 0 Å². The standard InChI is InChI=1S/C8H12N4OS2/c1-8(2,7(9)14)4-10-6(13)5-3-15-12-11-5/h3H,4H2,1-2H3,(H2,9,14)(H,10,13). The van der Waals surface area contributed by atoms with E-state index >= 15 is 0 Å². The zero-order valence-corrected chi connectivity index (χ0v) is 10.1. The molecule has 15 heavy (non-hydrogen) atoms. The molecule has 1 rings (SSSR count). The number of rotatable bonds is 4. The Balaban J connectivity index is 2.51. The first-order valence-corrected chi connectivity index (χ1v) is 5.53. The SMILES string of the molecule is CC(C)(CNC(=O)c1csnn1)C(N)=S. The largest absolute Gasteiger partial charge is 0.393 e. The normalized spacial score (nSPS) is 11.1. The Bertz CT molecular complexity index is 361. The van der Waals surface area contributed by atoms with E-state index in [0.717, 1.165) is 11.5 Å². The first-order chi connectivity index (χ1) is 6.93. The summed E-state index contributed by atoms with van der Waals surface area (Å²) in [6.45, 7) is 4.13. The van der Waals surface area contributed by atoms with Gasteiger partial charge < -0.3 is 11.1 Å². The Hall–Kier alpha value is -1.08. The fourth-order valence-corrected chi connectivity index (χ4v) is 1.25. The number of nitrogens with two attached hydrogens (primary N) is 1. The molecule has 0 aliphatic rings. The molecule has 0 aliphatic carbocycles. The van der Waals surface area contributed by atoms with E-state index in [1.165, 1.54) is 0 Å². The summed E-state index contributed by atoms with van der Waals surface area (Å²) in [6.07, 6.45) is 0.